The van der Waals surface area contributed by atoms with Crippen molar-refractivity contribution < 1.29 is 13.9 Å². The molecule has 1 atom stereocenters. The number of benzene rings is 2. The Hall–Kier alpha value is -5.25. The van der Waals surface area contributed by atoms with Crippen molar-refractivity contribution in [1.29, 1.82) is 10.7 Å². The number of hydrogen-bond donors (Lipinski definition) is 4. The van der Waals surface area contributed by atoms with Crippen LogP contribution in [0.25, 0.3) is 5.82 Å². The Kier molecular flexibility index (Phi) is 6.87. The zero-order valence-electron chi connectivity index (χ0n) is 18.9. The standard InChI is InChI=1S/C23H20FN9O3/c1-35-13-11-15(19(24)17(12-13)36-10-8-25)20(29-16-6-3-2-5-14(16)21(26)27)22-30-23(34)33(32-22)18-7-4-9-28-31-18/h2-7,9,11-12,20,29H,10H2,1H3,(H3,26,27)(H,30,32,34). The summed E-state index contributed by atoms with van der Waals surface area (Å²) in [5.74, 6) is -0.854. The van der Waals surface area contributed by atoms with E-state index in [1.54, 1.807) is 36.4 Å². The fourth-order valence-corrected chi connectivity index (χ4v) is 3.46. The van der Waals surface area contributed by atoms with E-state index < -0.39 is 24.2 Å². The number of nitrogens with zero attached hydrogens (tertiary/aromatic N) is 5. The van der Waals surface area contributed by atoms with Crippen LogP contribution in [0.3, 0.4) is 0 Å². The van der Waals surface area contributed by atoms with Crippen LogP contribution in [-0.4, -0.2) is 44.5 Å². The Bertz CT molecular complexity index is 1490. The number of para-hydroxylation sites is 1. The molecule has 0 radical (unpaired) electrons. The first-order chi connectivity index (χ1) is 17.4. The highest BCUT2D eigenvalue weighted by atomic mass is 19.1. The van der Waals surface area contributed by atoms with Crippen LogP contribution in [0, 0.1) is 22.6 Å². The van der Waals surface area contributed by atoms with E-state index >= 15 is 4.39 Å². The molecule has 36 heavy (non-hydrogen) atoms. The molecular formula is C23H20FN9O3. The van der Waals surface area contributed by atoms with Crippen LogP contribution in [0.5, 0.6) is 11.5 Å². The van der Waals surface area contributed by atoms with Crippen LogP contribution < -0.4 is 26.2 Å². The lowest BCUT2D eigenvalue weighted by molar-refractivity contribution is 0.338. The fraction of sp³-hybridized carbons (Fsp3) is 0.130. The summed E-state index contributed by atoms with van der Waals surface area (Å²) in [5, 5.41) is 31.8. The van der Waals surface area contributed by atoms with Gasteiger partial charge < -0.3 is 20.5 Å². The zero-order chi connectivity index (χ0) is 25.7. The number of nitrogens with one attached hydrogen (secondary N) is 3. The number of anilines is 1. The molecule has 2 heterocycles. The topological polar surface area (TPSA) is 181 Å². The molecule has 4 aromatic rings. The molecule has 2 aromatic heterocycles. The van der Waals surface area contributed by atoms with E-state index in [1.165, 1.54) is 31.5 Å². The third-order valence-electron chi connectivity index (χ3n) is 5.08. The summed E-state index contributed by atoms with van der Waals surface area (Å²) in [5.41, 5.74) is 5.81. The van der Waals surface area contributed by atoms with Gasteiger partial charge in [-0.2, -0.15) is 15.0 Å². The third-order valence-corrected chi connectivity index (χ3v) is 5.08. The molecule has 12 nitrogen and oxygen atoms in total. The highest BCUT2D eigenvalue weighted by molar-refractivity contribution is 6.00. The van der Waals surface area contributed by atoms with Crippen molar-refractivity contribution in [2.24, 2.45) is 5.73 Å². The van der Waals surface area contributed by atoms with Gasteiger partial charge in [0.2, 0.25) is 0 Å². The van der Waals surface area contributed by atoms with E-state index in [4.69, 9.17) is 25.9 Å². The summed E-state index contributed by atoms with van der Waals surface area (Å²) in [6.07, 6.45) is 1.44. The normalized spacial score (nSPS) is 11.4. The van der Waals surface area contributed by atoms with E-state index in [0.29, 0.717) is 11.3 Å². The summed E-state index contributed by atoms with van der Waals surface area (Å²) in [6, 6.07) is 13.2. The quantitative estimate of drug-likeness (QED) is 0.202. The number of methoxy groups -OCH3 is 1. The van der Waals surface area contributed by atoms with E-state index in [1.807, 2.05) is 0 Å². The highest BCUT2D eigenvalue weighted by Crippen LogP contribution is 2.35. The Morgan fingerprint density at radius 3 is 2.83 bits per heavy atom. The molecule has 2 aromatic carbocycles. The molecule has 0 amide bonds. The zero-order valence-corrected chi connectivity index (χ0v) is 18.9. The molecule has 4 rings (SSSR count). The van der Waals surface area contributed by atoms with Crippen molar-refractivity contribution in [1.82, 2.24) is 25.0 Å². The van der Waals surface area contributed by atoms with Crippen LogP contribution in [0.1, 0.15) is 23.0 Å². The first-order valence-corrected chi connectivity index (χ1v) is 10.5. The molecule has 0 aliphatic heterocycles. The second kappa shape index (κ2) is 10.3. The number of rotatable bonds is 9. The van der Waals surface area contributed by atoms with Gasteiger partial charge in [-0.1, -0.05) is 12.1 Å². The van der Waals surface area contributed by atoms with Gasteiger partial charge in [-0.3, -0.25) is 10.4 Å². The van der Waals surface area contributed by atoms with Crippen molar-refractivity contribution in [3.8, 4) is 23.4 Å². The Morgan fingerprint density at radius 1 is 1.33 bits per heavy atom. The molecule has 0 spiro atoms. The van der Waals surface area contributed by atoms with Gasteiger partial charge in [0, 0.05) is 29.1 Å². The molecule has 0 fully saturated rings. The summed E-state index contributed by atoms with van der Waals surface area (Å²) < 4.78 is 27.2. The van der Waals surface area contributed by atoms with Crippen LogP contribution in [0.4, 0.5) is 10.1 Å². The number of nitriles is 1. The van der Waals surface area contributed by atoms with Gasteiger partial charge in [0.05, 0.1) is 7.11 Å². The monoisotopic (exact) mass is 489 g/mol. The van der Waals surface area contributed by atoms with Gasteiger partial charge in [-0.25, -0.2) is 9.18 Å². The predicted molar refractivity (Wildman–Crippen MR) is 127 cm³/mol. The number of nitrogens with two attached hydrogens (primary N) is 1. The van der Waals surface area contributed by atoms with E-state index in [0.717, 1.165) is 4.68 Å². The lowest BCUT2D eigenvalue weighted by atomic mass is 10.0. The van der Waals surface area contributed by atoms with Crippen LogP contribution in [0.2, 0.25) is 0 Å². The molecule has 0 aliphatic rings. The van der Waals surface area contributed by atoms with Crippen molar-refractivity contribution in [2.45, 2.75) is 6.04 Å². The van der Waals surface area contributed by atoms with Crippen LogP contribution in [-0.2, 0) is 0 Å². The minimum absolute atomic E-state index is 0.0132. The third kappa shape index (κ3) is 4.82. The maximum atomic E-state index is 15.7. The number of ether oxygens (including phenoxy) is 2. The van der Waals surface area contributed by atoms with Gasteiger partial charge in [-0.05, 0) is 30.3 Å². The fourth-order valence-electron chi connectivity index (χ4n) is 3.46. The van der Waals surface area contributed by atoms with Gasteiger partial charge in [0.25, 0.3) is 0 Å². The van der Waals surface area contributed by atoms with E-state index in [2.05, 4.69) is 25.6 Å². The molecule has 13 heteroatoms. The highest BCUT2D eigenvalue weighted by Gasteiger charge is 2.27. The average Bonchev–Trinajstić information content (AvgIpc) is 3.28. The van der Waals surface area contributed by atoms with Crippen molar-refractivity contribution >= 4 is 11.5 Å². The largest absolute Gasteiger partial charge is 0.497 e. The van der Waals surface area contributed by atoms with E-state index in [-0.39, 0.29) is 34.5 Å². The number of H-pyrrole nitrogens is 1. The van der Waals surface area contributed by atoms with Crippen molar-refractivity contribution in [3.63, 3.8) is 0 Å². The van der Waals surface area contributed by atoms with Crippen molar-refractivity contribution in [3.05, 3.63) is 88.0 Å². The van der Waals surface area contributed by atoms with Gasteiger partial charge in [0.15, 0.2) is 29.8 Å². The minimum atomic E-state index is -1.12. The number of amidine groups is 1. The molecule has 1 unspecified atom stereocenters. The lowest BCUT2D eigenvalue weighted by Gasteiger charge is -2.22. The van der Waals surface area contributed by atoms with Crippen LogP contribution in [0.15, 0.2) is 59.5 Å². The summed E-state index contributed by atoms with van der Waals surface area (Å²) in [6.45, 7) is -0.396. The number of aromatic nitrogens is 5. The molecule has 0 saturated carbocycles. The SMILES string of the molecule is COc1cc(OCC#N)c(F)c(C(Nc2ccccc2C(=N)N)c2nn(-c3cccnn3)c(=O)[nH]2)c1. The molecule has 0 aliphatic carbocycles. The summed E-state index contributed by atoms with van der Waals surface area (Å²) >= 11 is 0. The van der Waals surface area contributed by atoms with Crippen molar-refractivity contribution in [2.75, 3.05) is 19.0 Å². The summed E-state index contributed by atoms with van der Waals surface area (Å²) in [7, 11) is 1.39. The number of hydrogen-bond acceptors (Lipinski definition) is 9. The second-order valence-corrected chi connectivity index (χ2v) is 7.32. The lowest BCUT2D eigenvalue weighted by Crippen LogP contribution is -2.20. The molecule has 0 bridgehead atoms. The first-order valence-electron chi connectivity index (χ1n) is 10.5. The van der Waals surface area contributed by atoms with Gasteiger partial charge >= 0.3 is 5.69 Å². The minimum Gasteiger partial charge on any atom is -0.497 e. The maximum Gasteiger partial charge on any atom is 0.349 e. The van der Waals surface area contributed by atoms with Gasteiger partial charge in [0.1, 0.15) is 23.7 Å². The van der Waals surface area contributed by atoms with E-state index in [9.17, 15) is 4.79 Å². The number of halogens is 1. The number of aromatic amines is 1. The second-order valence-electron chi connectivity index (χ2n) is 7.32. The summed E-state index contributed by atoms with van der Waals surface area (Å²) in [4.78, 5) is 15.4. The average molecular weight is 489 g/mol. The maximum absolute atomic E-state index is 15.7. The number of nitrogen functional groups attached to an aromatic ring is 1. The molecule has 0 saturated heterocycles. The molecule has 5 N–H and O–H groups in total. The molecular weight excluding hydrogens is 469 g/mol. The predicted octanol–water partition coefficient (Wildman–Crippen LogP) is 1.89. The molecule has 182 valence electrons. The Morgan fingerprint density at radius 2 is 2.14 bits per heavy atom. The Labute approximate surface area is 203 Å². The smallest absolute Gasteiger partial charge is 0.349 e. The Balaban J connectivity index is 1.90. The first kappa shape index (κ1) is 23.9. The van der Waals surface area contributed by atoms with Gasteiger partial charge in [-0.15, -0.1) is 10.2 Å². The van der Waals surface area contributed by atoms with Crippen LogP contribution >= 0.6 is 0 Å².